The summed E-state index contributed by atoms with van der Waals surface area (Å²) in [6.45, 7) is 0.707. The molecule has 0 aliphatic rings. The topological polar surface area (TPSA) is 46.3 Å². The molecule has 0 unspecified atom stereocenters. The molecule has 3 heteroatoms. The number of nitrogens with two attached hydrogens (primary N) is 1. The summed E-state index contributed by atoms with van der Waals surface area (Å²) in [5, 5.41) is 0. The van der Waals surface area contributed by atoms with E-state index in [-0.39, 0.29) is 6.04 Å². The third kappa shape index (κ3) is 4.93. The average molecular weight is 157 g/mol. The summed E-state index contributed by atoms with van der Waals surface area (Å²) in [5.74, 6) is 0. The van der Waals surface area contributed by atoms with Crippen molar-refractivity contribution in [3.8, 4) is 0 Å². The summed E-state index contributed by atoms with van der Waals surface area (Å²) in [4.78, 5) is 12.2. The van der Waals surface area contributed by atoms with Crippen molar-refractivity contribution in [3.63, 3.8) is 0 Å². The molecule has 3 nitrogen and oxygen atoms in total. The highest BCUT2D eigenvalue weighted by Gasteiger charge is 2.09. The first kappa shape index (κ1) is 10.6. The van der Waals surface area contributed by atoms with E-state index in [1.807, 2.05) is 25.3 Å². The zero-order valence-corrected chi connectivity index (χ0v) is 7.34. The van der Waals surface area contributed by atoms with Crippen LogP contribution in [0, 0.1) is 0 Å². The Hall–Kier alpha value is -0.410. The third-order valence-electron chi connectivity index (χ3n) is 1.69. The highest BCUT2D eigenvalue weighted by atomic mass is 16.1. The van der Waals surface area contributed by atoms with E-state index in [4.69, 9.17) is 5.73 Å². The molecule has 1 atom stereocenters. The molecule has 2 N–H and O–H groups in total. The van der Waals surface area contributed by atoms with E-state index in [1.165, 1.54) is 0 Å². The zero-order chi connectivity index (χ0) is 8.69. The van der Waals surface area contributed by atoms with E-state index in [0.717, 1.165) is 19.3 Å². The van der Waals surface area contributed by atoms with Gasteiger partial charge in [-0.2, -0.15) is 0 Å². The Balaban J connectivity index is 3.44. The molecule has 0 saturated heterocycles. The standard InChI is InChI=1S/C8H17N2O/c1-10(2)8(7-11)5-3-4-6-9/h8H,3-6,9H2,1-2H3/t8-/m0/s1. The second-order valence-corrected chi connectivity index (χ2v) is 2.88. The second-order valence-electron chi connectivity index (χ2n) is 2.88. The van der Waals surface area contributed by atoms with Gasteiger partial charge in [-0.05, 0) is 33.5 Å². The van der Waals surface area contributed by atoms with Crippen molar-refractivity contribution in [2.75, 3.05) is 20.6 Å². The van der Waals surface area contributed by atoms with Crippen molar-refractivity contribution in [3.05, 3.63) is 0 Å². The molecule has 1 radical (unpaired) electrons. The van der Waals surface area contributed by atoms with Crippen molar-refractivity contribution in [2.45, 2.75) is 25.3 Å². The quantitative estimate of drug-likeness (QED) is 0.558. The van der Waals surface area contributed by atoms with Gasteiger partial charge in [-0.15, -0.1) is 0 Å². The fourth-order valence-electron chi connectivity index (χ4n) is 0.905. The average Bonchev–Trinajstić information content (AvgIpc) is 1.97. The summed E-state index contributed by atoms with van der Waals surface area (Å²) in [6, 6.07) is -0.0541. The molecule has 11 heavy (non-hydrogen) atoms. The van der Waals surface area contributed by atoms with Gasteiger partial charge in [0, 0.05) is 0 Å². The van der Waals surface area contributed by atoms with E-state index in [1.54, 1.807) is 0 Å². The van der Waals surface area contributed by atoms with Crippen LogP contribution in [0.1, 0.15) is 19.3 Å². The largest absolute Gasteiger partial charge is 0.330 e. The number of hydrogen-bond acceptors (Lipinski definition) is 3. The van der Waals surface area contributed by atoms with E-state index < -0.39 is 0 Å². The number of rotatable bonds is 6. The van der Waals surface area contributed by atoms with Gasteiger partial charge in [-0.3, -0.25) is 9.69 Å². The number of carbonyl (C=O) groups excluding carboxylic acids is 1. The minimum atomic E-state index is -0.0541. The summed E-state index contributed by atoms with van der Waals surface area (Å²) in [7, 11) is 3.77. The van der Waals surface area contributed by atoms with Crippen LogP contribution in [-0.4, -0.2) is 37.9 Å². The van der Waals surface area contributed by atoms with Gasteiger partial charge >= 0.3 is 0 Å². The smallest absolute Gasteiger partial charge is 0.217 e. The maximum atomic E-state index is 10.3. The van der Waals surface area contributed by atoms with Crippen LogP contribution in [-0.2, 0) is 4.79 Å². The van der Waals surface area contributed by atoms with E-state index in [2.05, 4.69) is 0 Å². The van der Waals surface area contributed by atoms with Crippen LogP contribution in [0.5, 0.6) is 0 Å². The molecule has 0 aliphatic carbocycles. The SMILES string of the molecule is CN(C)[C@H]([C]=O)CCCCN. The monoisotopic (exact) mass is 157 g/mol. The molecule has 0 heterocycles. The van der Waals surface area contributed by atoms with Crippen molar-refractivity contribution in [1.82, 2.24) is 4.90 Å². The van der Waals surface area contributed by atoms with Gasteiger partial charge in [0.05, 0.1) is 6.04 Å². The number of unbranched alkanes of at least 4 members (excludes halogenated alkanes) is 1. The summed E-state index contributed by atoms with van der Waals surface area (Å²) >= 11 is 0. The van der Waals surface area contributed by atoms with Gasteiger partial charge in [0.25, 0.3) is 0 Å². The normalized spacial score (nSPS) is 13.5. The maximum absolute atomic E-state index is 10.3. The van der Waals surface area contributed by atoms with Gasteiger partial charge in [0.15, 0.2) is 0 Å². The fraction of sp³-hybridized carbons (Fsp3) is 0.875. The minimum absolute atomic E-state index is 0.0541. The van der Waals surface area contributed by atoms with Crippen LogP contribution in [0.25, 0.3) is 0 Å². The molecule has 0 aliphatic heterocycles. The van der Waals surface area contributed by atoms with Crippen LogP contribution in [0.15, 0.2) is 0 Å². The molecule has 0 rings (SSSR count). The lowest BCUT2D eigenvalue weighted by Gasteiger charge is -2.16. The molecular weight excluding hydrogens is 140 g/mol. The van der Waals surface area contributed by atoms with Crippen LogP contribution in [0.4, 0.5) is 0 Å². The lowest BCUT2D eigenvalue weighted by Crippen LogP contribution is -2.29. The first-order valence-corrected chi connectivity index (χ1v) is 3.96. The molecule has 65 valence electrons. The van der Waals surface area contributed by atoms with E-state index >= 15 is 0 Å². The summed E-state index contributed by atoms with van der Waals surface area (Å²) in [5.41, 5.74) is 5.32. The third-order valence-corrected chi connectivity index (χ3v) is 1.69. The van der Waals surface area contributed by atoms with Crippen molar-refractivity contribution in [2.24, 2.45) is 5.73 Å². The van der Waals surface area contributed by atoms with Gasteiger partial charge in [-0.25, -0.2) is 0 Å². The Kier molecular flexibility index (Phi) is 6.07. The Morgan fingerprint density at radius 3 is 2.45 bits per heavy atom. The first-order chi connectivity index (χ1) is 5.22. The van der Waals surface area contributed by atoms with Crippen molar-refractivity contribution >= 4 is 6.29 Å². The number of hydrogen-bond donors (Lipinski definition) is 1. The molecule has 0 spiro atoms. The van der Waals surface area contributed by atoms with Crippen LogP contribution in [0.3, 0.4) is 0 Å². The zero-order valence-electron chi connectivity index (χ0n) is 7.34. The maximum Gasteiger partial charge on any atom is 0.217 e. The first-order valence-electron chi connectivity index (χ1n) is 3.96. The van der Waals surface area contributed by atoms with E-state index in [9.17, 15) is 4.79 Å². The fourth-order valence-corrected chi connectivity index (χ4v) is 0.905. The molecular formula is C8H17N2O. The second kappa shape index (κ2) is 6.31. The predicted octanol–water partition coefficient (Wildman–Crippen LogP) is 0.155. The van der Waals surface area contributed by atoms with E-state index in [0.29, 0.717) is 6.54 Å². The van der Waals surface area contributed by atoms with Crippen molar-refractivity contribution < 1.29 is 4.79 Å². The molecule has 0 fully saturated rings. The highest BCUT2D eigenvalue weighted by molar-refractivity contribution is 5.58. The molecule has 0 amide bonds. The predicted molar refractivity (Wildman–Crippen MR) is 46.1 cm³/mol. The Bertz CT molecular complexity index is 104. The number of likely N-dealkylation sites (N-methyl/N-ethyl adjacent to an activating group) is 1. The van der Waals surface area contributed by atoms with Crippen LogP contribution in [0.2, 0.25) is 0 Å². The Morgan fingerprint density at radius 2 is 2.09 bits per heavy atom. The van der Waals surface area contributed by atoms with Gasteiger partial charge in [0.1, 0.15) is 0 Å². The molecule has 0 aromatic rings. The lowest BCUT2D eigenvalue weighted by molar-refractivity contribution is 0.327. The minimum Gasteiger partial charge on any atom is -0.330 e. The Morgan fingerprint density at radius 1 is 1.45 bits per heavy atom. The lowest BCUT2D eigenvalue weighted by atomic mass is 10.1. The van der Waals surface area contributed by atoms with Gasteiger partial charge in [0.2, 0.25) is 6.29 Å². The van der Waals surface area contributed by atoms with Gasteiger partial charge in [-0.1, -0.05) is 6.42 Å². The summed E-state index contributed by atoms with van der Waals surface area (Å²) < 4.78 is 0. The van der Waals surface area contributed by atoms with Crippen LogP contribution < -0.4 is 5.73 Å². The van der Waals surface area contributed by atoms with Crippen LogP contribution >= 0.6 is 0 Å². The summed E-state index contributed by atoms with van der Waals surface area (Å²) in [6.07, 6.45) is 4.86. The van der Waals surface area contributed by atoms with Crippen molar-refractivity contribution in [1.29, 1.82) is 0 Å². The Labute approximate surface area is 68.6 Å². The molecule has 0 aromatic heterocycles. The van der Waals surface area contributed by atoms with Gasteiger partial charge < -0.3 is 5.73 Å². The molecule has 0 bridgehead atoms. The molecule has 0 saturated carbocycles. The highest BCUT2D eigenvalue weighted by Crippen LogP contribution is 2.02. The molecule has 0 aromatic carbocycles. The number of nitrogens with zero attached hydrogens (tertiary/aromatic N) is 1.